The molecule has 0 bridgehead atoms. The smallest absolute Gasteiger partial charge is 0.417 e. The Balaban J connectivity index is 1.60. The van der Waals surface area contributed by atoms with Gasteiger partial charge in [0.05, 0.1) is 36.5 Å². The van der Waals surface area contributed by atoms with E-state index in [4.69, 9.17) is 9.84 Å². The molecule has 10 nitrogen and oxygen atoms in total. The lowest BCUT2D eigenvalue weighted by Gasteiger charge is -2.12. The van der Waals surface area contributed by atoms with Crippen LogP contribution in [0.4, 0.5) is 18.9 Å². The molecule has 0 saturated carbocycles. The second kappa shape index (κ2) is 9.41. The van der Waals surface area contributed by atoms with E-state index in [1.807, 2.05) is 0 Å². The molecule has 0 aliphatic heterocycles. The first-order chi connectivity index (χ1) is 16.3. The second-order valence-electron chi connectivity index (χ2n) is 7.03. The number of aromatic nitrogens is 5. The van der Waals surface area contributed by atoms with Crippen LogP contribution in [0.2, 0.25) is 0 Å². The van der Waals surface area contributed by atoms with E-state index >= 15 is 0 Å². The van der Waals surface area contributed by atoms with Gasteiger partial charge in [-0.1, -0.05) is 18.2 Å². The summed E-state index contributed by atoms with van der Waals surface area (Å²) in [6.45, 7) is -0.763. The van der Waals surface area contributed by atoms with Crippen LogP contribution < -0.4 is 10.1 Å². The molecular formula is C21H17F3N6O4. The van der Waals surface area contributed by atoms with Gasteiger partial charge in [-0.3, -0.25) is 9.78 Å². The average molecular weight is 474 g/mol. The molecule has 0 aliphatic carbocycles. The summed E-state index contributed by atoms with van der Waals surface area (Å²) in [6.07, 6.45) is -0.565. The van der Waals surface area contributed by atoms with Gasteiger partial charge < -0.3 is 20.3 Å². The van der Waals surface area contributed by atoms with Crippen molar-refractivity contribution in [1.29, 1.82) is 0 Å². The maximum absolute atomic E-state index is 13.4. The number of aliphatic hydroxyl groups is 2. The van der Waals surface area contributed by atoms with Crippen LogP contribution in [0.5, 0.6) is 5.88 Å². The van der Waals surface area contributed by atoms with Crippen LogP contribution in [0.1, 0.15) is 16.1 Å². The number of hydrogen-bond donors (Lipinski definition) is 3. The van der Waals surface area contributed by atoms with Crippen molar-refractivity contribution in [2.24, 2.45) is 0 Å². The van der Waals surface area contributed by atoms with Crippen LogP contribution >= 0.6 is 0 Å². The van der Waals surface area contributed by atoms with E-state index in [1.54, 1.807) is 0 Å². The van der Waals surface area contributed by atoms with E-state index in [2.05, 4.69) is 25.4 Å². The number of carbonyl (C=O) groups is 1. The number of aliphatic hydroxyl groups excluding tert-OH is 2. The van der Waals surface area contributed by atoms with Gasteiger partial charge in [-0.2, -0.15) is 18.3 Å². The zero-order chi connectivity index (χ0) is 24.3. The van der Waals surface area contributed by atoms with E-state index in [0.717, 1.165) is 6.07 Å². The third-order valence-electron chi connectivity index (χ3n) is 4.61. The minimum atomic E-state index is -4.57. The lowest BCUT2D eigenvalue weighted by atomic mass is 10.0. The second-order valence-corrected chi connectivity index (χ2v) is 7.03. The summed E-state index contributed by atoms with van der Waals surface area (Å²) in [7, 11) is 0. The molecule has 3 heterocycles. The predicted octanol–water partition coefficient (Wildman–Crippen LogP) is 2.19. The number of carbonyl (C=O) groups excluding carboxylic acids is 1. The maximum atomic E-state index is 13.4. The molecule has 0 spiro atoms. The summed E-state index contributed by atoms with van der Waals surface area (Å²) in [4.78, 5) is 24.8. The van der Waals surface area contributed by atoms with E-state index in [9.17, 15) is 23.1 Å². The molecule has 0 unspecified atom stereocenters. The molecule has 1 amide bonds. The van der Waals surface area contributed by atoms with Crippen molar-refractivity contribution in [1.82, 2.24) is 24.6 Å². The summed E-state index contributed by atoms with van der Waals surface area (Å²) in [5.41, 5.74) is -0.774. The zero-order valence-electron chi connectivity index (χ0n) is 17.3. The normalized spacial score (nSPS) is 12.5. The Kier molecular flexibility index (Phi) is 6.38. The highest BCUT2D eigenvalue weighted by atomic mass is 19.4. The van der Waals surface area contributed by atoms with E-state index < -0.39 is 30.4 Å². The van der Waals surface area contributed by atoms with E-state index in [1.165, 1.54) is 53.6 Å². The zero-order valence-corrected chi connectivity index (χ0v) is 17.3. The van der Waals surface area contributed by atoms with Crippen molar-refractivity contribution in [3.63, 3.8) is 0 Å². The van der Waals surface area contributed by atoms with Crippen LogP contribution in [0.3, 0.4) is 0 Å². The van der Waals surface area contributed by atoms with Gasteiger partial charge in [0.1, 0.15) is 18.4 Å². The van der Waals surface area contributed by atoms with Crippen molar-refractivity contribution >= 4 is 17.2 Å². The molecule has 1 atom stereocenters. The fourth-order valence-corrected chi connectivity index (χ4v) is 3.01. The van der Waals surface area contributed by atoms with Crippen LogP contribution in [0.25, 0.3) is 16.9 Å². The third kappa shape index (κ3) is 4.94. The fraction of sp³-hybridized carbons (Fsp3) is 0.190. The molecule has 34 heavy (non-hydrogen) atoms. The Morgan fingerprint density at radius 1 is 1.15 bits per heavy atom. The number of amides is 1. The van der Waals surface area contributed by atoms with Crippen molar-refractivity contribution in [3.8, 4) is 17.1 Å². The SMILES string of the molecule is O=C(Nc1cnn2ccc(-c3ccccc3C(F)(F)F)nc12)c1cncc(OC[C@@H](O)CO)n1. The maximum Gasteiger partial charge on any atom is 0.417 e. The number of rotatable bonds is 7. The first kappa shape index (κ1) is 23.1. The standard InChI is InChI=1S/C21H17F3N6O4/c22-21(23,24)14-4-2-1-3-13(14)15-5-6-30-19(28-15)16(8-26-30)29-20(33)17-7-25-9-18(27-17)34-11-12(32)10-31/h1-9,12,31-32H,10-11H2,(H,29,33)/t12-/m0/s1. The van der Waals surface area contributed by atoms with Gasteiger partial charge in [-0.15, -0.1) is 0 Å². The van der Waals surface area contributed by atoms with Crippen LogP contribution in [0.15, 0.2) is 55.1 Å². The molecular weight excluding hydrogens is 457 g/mol. The summed E-state index contributed by atoms with van der Waals surface area (Å²) in [6, 6.07) is 6.43. The minimum Gasteiger partial charge on any atom is -0.474 e. The number of halogens is 3. The van der Waals surface area contributed by atoms with Crippen molar-refractivity contribution in [2.45, 2.75) is 12.3 Å². The summed E-state index contributed by atoms with van der Waals surface area (Å²) in [5.74, 6) is -0.748. The molecule has 3 aromatic heterocycles. The van der Waals surface area contributed by atoms with Gasteiger partial charge >= 0.3 is 6.18 Å². The Morgan fingerprint density at radius 3 is 2.71 bits per heavy atom. The Hall–Kier alpha value is -4.10. The van der Waals surface area contributed by atoms with Gasteiger partial charge in [0.2, 0.25) is 5.88 Å². The quantitative estimate of drug-likeness (QED) is 0.371. The summed E-state index contributed by atoms with van der Waals surface area (Å²) < 4.78 is 46.8. The van der Waals surface area contributed by atoms with Gasteiger partial charge in [0.25, 0.3) is 5.91 Å². The number of ether oxygens (including phenoxy) is 1. The number of anilines is 1. The first-order valence-corrected chi connectivity index (χ1v) is 9.82. The number of hydrogen-bond acceptors (Lipinski definition) is 8. The molecule has 1 aromatic carbocycles. The van der Waals surface area contributed by atoms with Crippen LogP contribution in [-0.4, -0.2) is 60.0 Å². The molecule has 0 saturated heterocycles. The highest BCUT2D eigenvalue weighted by molar-refractivity contribution is 6.04. The molecule has 3 N–H and O–H groups in total. The molecule has 176 valence electrons. The van der Waals surface area contributed by atoms with Gasteiger partial charge in [-0.25, -0.2) is 14.5 Å². The third-order valence-corrected chi connectivity index (χ3v) is 4.61. The molecule has 4 rings (SSSR count). The van der Waals surface area contributed by atoms with Crippen LogP contribution in [-0.2, 0) is 6.18 Å². The van der Waals surface area contributed by atoms with Crippen LogP contribution in [0, 0.1) is 0 Å². The number of nitrogens with one attached hydrogen (secondary N) is 1. The Labute approximate surface area is 189 Å². The average Bonchev–Trinajstić information content (AvgIpc) is 3.24. The summed E-state index contributed by atoms with van der Waals surface area (Å²) >= 11 is 0. The molecule has 0 aliphatic rings. The monoisotopic (exact) mass is 474 g/mol. The molecule has 0 fully saturated rings. The number of nitrogens with zero attached hydrogens (tertiary/aromatic N) is 5. The molecule has 0 radical (unpaired) electrons. The lowest BCUT2D eigenvalue weighted by Crippen LogP contribution is -2.22. The van der Waals surface area contributed by atoms with Gasteiger partial charge in [0.15, 0.2) is 11.3 Å². The number of fused-ring (bicyclic) bond motifs is 1. The molecule has 13 heteroatoms. The lowest BCUT2D eigenvalue weighted by molar-refractivity contribution is -0.137. The Morgan fingerprint density at radius 2 is 1.94 bits per heavy atom. The largest absolute Gasteiger partial charge is 0.474 e. The van der Waals surface area contributed by atoms with Gasteiger partial charge in [-0.05, 0) is 12.1 Å². The summed E-state index contributed by atoms with van der Waals surface area (Å²) in [5, 5.41) is 24.8. The fourth-order valence-electron chi connectivity index (χ4n) is 3.01. The highest BCUT2D eigenvalue weighted by Crippen LogP contribution is 2.36. The van der Waals surface area contributed by atoms with Gasteiger partial charge in [0, 0.05) is 11.8 Å². The topological polar surface area (TPSA) is 135 Å². The molecule has 4 aromatic rings. The highest BCUT2D eigenvalue weighted by Gasteiger charge is 2.33. The van der Waals surface area contributed by atoms with Crippen molar-refractivity contribution < 1.29 is 32.9 Å². The first-order valence-electron chi connectivity index (χ1n) is 9.82. The van der Waals surface area contributed by atoms with E-state index in [-0.39, 0.29) is 40.8 Å². The Bertz CT molecular complexity index is 1330. The van der Waals surface area contributed by atoms with Crippen molar-refractivity contribution in [2.75, 3.05) is 18.5 Å². The minimum absolute atomic E-state index is 0.0501. The number of benzene rings is 1. The van der Waals surface area contributed by atoms with Crippen molar-refractivity contribution in [3.05, 3.63) is 66.4 Å². The van der Waals surface area contributed by atoms with E-state index in [0.29, 0.717) is 0 Å². The number of alkyl halides is 3. The predicted molar refractivity (Wildman–Crippen MR) is 112 cm³/mol.